The fourth-order valence-electron chi connectivity index (χ4n) is 2.72. The highest BCUT2D eigenvalue weighted by Crippen LogP contribution is 2.23. The Hall–Kier alpha value is -2.09. The number of amides is 2. The van der Waals surface area contributed by atoms with E-state index in [4.69, 9.17) is 21.1 Å². The van der Waals surface area contributed by atoms with Crippen LogP contribution in [0.15, 0.2) is 30.3 Å². The Balaban J connectivity index is 1.53. The molecular formula is C17H21ClN4O3. The molecule has 0 spiro atoms. The van der Waals surface area contributed by atoms with Crippen LogP contribution in [0.4, 0.5) is 4.79 Å². The Labute approximate surface area is 151 Å². The number of hydrogen-bond acceptors (Lipinski definition) is 4. The molecule has 2 heterocycles. The Kier molecular flexibility index (Phi) is 5.91. The summed E-state index contributed by atoms with van der Waals surface area (Å²) < 4.78 is 10.8. The number of urea groups is 1. The lowest BCUT2D eigenvalue weighted by molar-refractivity contribution is -0.0154. The summed E-state index contributed by atoms with van der Waals surface area (Å²) in [5.41, 5.74) is 2.66. The maximum absolute atomic E-state index is 12.4. The van der Waals surface area contributed by atoms with E-state index in [9.17, 15) is 4.79 Å². The van der Waals surface area contributed by atoms with Crippen molar-refractivity contribution in [2.75, 3.05) is 26.8 Å². The number of benzene rings is 1. The molecule has 1 aromatic heterocycles. The van der Waals surface area contributed by atoms with Gasteiger partial charge < -0.3 is 19.7 Å². The number of methoxy groups -OCH3 is 1. The molecule has 2 N–H and O–H groups in total. The van der Waals surface area contributed by atoms with Gasteiger partial charge in [-0.3, -0.25) is 5.10 Å². The molecule has 1 unspecified atom stereocenters. The molecule has 7 nitrogen and oxygen atoms in total. The van der Waals surface area contributed by atoms with Crippen LogP contribution in [0.25, 0.3) is 0 Å². The van der Waals surface area contributed by atoms with Gasteiger partial charge in [-0.1, -0.05) is 23.7 Å². The van der Waals surface area contributed by atoms with Crippen LogP contribution >= 0.6 is 11.6 Å². The first-order chi connectivity index (χ1) is 12.2. The van der Waals surface area contributed by atoms with Crippen molar-refractivity contribution in [3.8, 4) is 0 Å². The minimum absolute atomic E-state index is 0.120. The number of carbonyl (C=O) groups is 1. The van der Waals surface area contributed by atoms with Gasteiger partial charge in [-0.15, -0.1) is 0 Å². The van der Waals surface area contributed by atoms with Gasteiger partial charge in [-0.25, -0.2) is 4.79 Å². The number of nitrogens with one attached hydrogen (secondary N) is 2. The molecule has 0 radical (unpaired) electrons. The van der Waals surface area contributed by atoms with Crippen LogP contribution in [0, 0.1) is 0 Å². The summed E-state index contributed by atoms with van der Waals surface area (Å²) in [5.74, 6) is 0. The van der Waals surface area contributed by atoms with Crippen molar-refractivity contribution >= 4 is 17.6 Å². The van der Waals surface area contributed by atoms with Crippen LogP contribution in [-0.2, 0) is 22.6 Å². The van der Waals surface area contributed by atoms with Crippen LogP contribution in [0.5, 0.6) is 0 Å². The number of aromatic nitrogens is 2. The average Bonchev–Trinajstić information content (AvgIpc) is 3.08. The zero-order valence-electron chi connectivity index (χ0n) is 14.0. The number of ether oxygens (including phenoxy) is 2. The lowest BCUT2D eigenvalue weighted by Crippen LogP contribution is -2.47. The van der Waals surface area contributed by atoms with E-state index < -0.39 is 0 Å². The van der Waals surface area contributed by atoms with Gasteiger partial charge in [-0.2, -0.15) is 5.10 Å². The molecule has 1 aliphatic heterocycles. The van der Waals surface area contributed by atoms with Crippen LogP contribution in [0.3, 0.4) is 0 Å². The second-order valence-electron chi connectivity index (χ2n) is 5.83. The van der Waals surface area contributed by atoms with Gasteiger partial charge in [0, 0.05) is 18.7 Å². The van der Waals surface area contributed by atoms with Crippen molar-refractivity contribution in [3.63, 3.8) is 0 Å². The molecule has 1 saturated heterocycles. The maximum atomic E-state index is 12.4. The van der Waals surface area contributed by atoms with E-state index in [2.05, 4.69) is 15.5 Å². The fourth-order valence-corrected chi connectivity index (χ4v) is 2.84. The zero-order chi connectivity index (χ0) is 17.6. The molecule has 0 aliphatic carbocycles. The van der Waals surface area contributed by atoms with Crippen LogP contribution < -0.4 is 5.32 Å². The molecule has 1 fully saturated rings. The second-order valence-corrected chi connectivity index (χ2v) is 6.27. The summed E-state index contributed by atoms with van der Waals surface area (Å²) in [5, 5.41) is 10.6. The summed E-state index contributed by atoms with van der Waals surface area (Å²) in [7, 11) is 1.62. The fraction of sp³-hybridized carbons (Fsp3) is 0.412. The topological polar surface area (TPSA) is 79.5 Å². The largest absolute Gasteiger partial charge is 0.378 e. The number of carbonyl (C=O) groups excluding carboxylic acids is 1. The number of H-pyrrole nitrogens is 1. The van der Waals surface area contributed by atoms with Crippen molar-refractivity contribution in [1.29, 1.82) is 0 Å². The molecule has 2 aromatic rings. The molecule has 2 amide bonds. The predicted molar refractivity (Wildman–Crippen MR) is 93.3 cm³/mol. The third-order valence-electron chi connectivity index (χ3n) is 4.00. The Bertz CT molecular complexity index is 704. The molecule has 0 bridgehead atoms. The number of halogens is 1. The average molecular weight is 365 g/mol. The van der Waals surface area contributed by atoms with Gasteiger partial charge in [-0.05, 0) is 23.8 Å². The first-order valence-corrected chi connectivity index (χ1v) is 8.45. The highest BCUT2D eigenvalue weighted by molar-refractivity contribution is 6.30. The number of aromatic amines is 1. The minimum atomic E-state index is -0.141. The number of hydrogen-bond donors (Lipinski definition) is 2. The van der Waals surface area contributed by atoms with Crippen LogP contribution in [0.2, 0.25) is 5.02 Å². The molecule has 3 rings (SSSR count). The first kappa shape index (κ1) is 17.7. The predicted octanol–water partition coefficient (Wildman–Crippen LogP) is 2.49. The van der Waals surface area contributed by atoms with Gasteiger partial charge in [0.15, 0.2) is 0 Å². The molecule has 1 atom stereocenters. The lowest BCUT2D eigenvalue weighted by atomic mass is 10.1. The van der Waals surface area contributed by atoms with Gasteiger partial charge in [0.2, 0.25) is 0 Å². The Morgan fingerprint density at radius 1 is 1.48 bits per heavy atom. The van der Waals surface area contributed by atoms with Crippen molar-refractivity contribution in [1.82, 2.24) is 20.4 Å². The molecule has 1 aliphatic rings. The van der Waals surface area contributed by atoms with Gasteiger partial charge in [0.25, 0.3) is 0 Å². The van der Waals surface area contributed by atoms with Crippen LogP contribution in [-0.4, -0.2) is 47.9 Å². The van der Waals surface area contributed by atoms with Crippen molar-refractivity contribution in [2.45, 2.75) is 19.3 Å². The third kappa shape index (κ3) is 4.72. The number of nitrogens with zero attached hydrogens (tertiary/aromatic N) is 2. The van der Waals surface area contributed by atoms with E-state index in [1.54, 1.807) is 12.0 Å². The molecule has 1 aromatic carbocycles. The maximum Gasteiger partial charge on any atom is 0.317 e. The van der Waals surface area contributed by atoms with E-state index in [1.807, 2.05) is 30.3 Å². The third-order valence-corrected chi connectivity index (χ3v) is 4.25. The molecule has 8 heteroatoms. The standard InChI is InChI=1S/C17H21ClN4O3/c1-24-11-15-8-14(20-21-15)9-19-17(23)22-6-7-25-16(10-22)12-2-4-13(18)5-3-12/h2-5,8,16H,6-7,9-11H2,1H3,(H,19,23)(H,20,21). The Morgan fingerprint density at radius 3 is 3.04 bits per heavy atom. The Morgan fingerprint density at radius 2 is 2.28 bits per heavy atom. The van der Waals surface area contributed by atoms with E-state index >= 15 is 0 Å². The molecule has 0 saturated carbocycles. The van der Waals surface area contributed by atoms with Crippen molar-refractivity contribution in [3.05, 3.63) is 52.3 Å². The summed E-state index contributed by atoms with van der Waals surface area (Å²) in [6, 6.07) is 9.27. The van der Waals surface area contributed by atoms with E-state index in [0.717, 1.165) is 17.0 Å². The van der Waals surface area contributed by atoms with Gasteiger partial charge in [0.05, 0.1) is 37.7 Å². The summed E-state index contributed by atoms with van der Waals surface area (Å²) in [6.45, 7) is 2.40. The second kappa shape index (κ2) is 8.33. The monoisotopic (exact) mass is 364 g/mol. The van der Waals surface area contributed by atoms with E-state index in [1.165, 1.54) is 0 Å². The highest BCUT2D eigenvalue weighted by atomic mass is 35.5. The SMILES string of the molecule is COCc1cc(CNC(=O)N2CCOC(c3ccc(Cl)cc3)C2)[nH]n1. The summed E-state index contributed by atoms with van der Waals surface area (Å²) in [4.78, 5) is 14.2. The quantitative estimate of drug-likeness (QED) is 0.854. The normalized spacial score (nSPS) is 17.5. The number of morpholine rings is 1. The van der Waals surface area contributed by atoms with E-state index in [-0.39, 0.29) is 12.1 Å². The number of rotatable bonds is 5. The molecular weight excluding hydrogens is 344 g/mol. The van der Waals surface area contributed by atoms with Crippen molar-refractivity contribution in [2.24, 2.45) is 0 Å². The zero-order valence-corrected chi connectivity index (χ0v) is 14.8. The smallest absolute Gasteiger partial charge is 0.317 e. The van der Waals surface area contributed by atoms with Gasteiger partial charge in [0.1, 0.15) is 6.10 Å². The van der Waals surface area contributed by atoms with E-state index in [0.29, 0.717) is 37.9 Å². The first-order valence-electron chi connectivity index (χ1n) is 8.07. The van der Waals surface area contributed by atoms with Gasteiger partial charge >= 0.3 is 6.03 Å². The highest BCUT2D eigenvalue weighted by Gasteiger charge is 2.25. The van der Waals surface area contributed by atoms with Crippen LogP contribution in [0.1, 0.15) is 23.1 Å². The minimum Gasteiger partial charge on any atom is -0.378 e. The molecule has 134 valence electrons. The summed E-state index contributed by atoms with van der Waals surface area (Å²) in [6.07, 6.45) is -0.141. The van der Waals surface area contributed by atoms with Crippen molar-refractivity contribution < 1.29 is 14.3 Å². The lowest BCUT2D eigenvalue weighted by Gasteiger charge is -2.33. The molecule has 25 heavy (non-hydrogen) atoms. The summed E-state index contributed by atoms with van der Waals surface area (Å²) >= 11 is 5.92.